The van der Waals surface area contributed by atoms with Crippen LogP contribution in [0.25, 0.3) is 0 Å². The molecule has 0 unspecified atom stereocenters. The number of Topliss-reactive ketones (excluding diaryl/α,β-unsaturated/α-hetero) is 1. The van der Waals surface area contributed by atoms with Crippen molar-refractivity contribution < 1.29 is 24.0 Å². The van der Waals surface area contributed by atoms with Crippen LogP contribution < -0.4 is 4.74 Å². The highest BCUT2D eigenvalue weighted by atomic mass is 16.6. The summed E-state index contributed by atoms with van der Waals surface area (Å²) in [4.78, 5) is 33.7. The van der Waals surface area contributed by atoms with Gasteiger partial charge in [-0.3, -0.25) is 14.9 Å². The van der Waals surface area contributed by atoms with Gasteiger partial charge in [-0.2, -0.15) is 0 Å². The SMILES string of the molecule is COC(=O)C(=O)Cc1c(OCc2ccccc2)cccc1[N+](=O)[O-]. The van der Waals surface area contributed by atoms with Gasteiger partial charge in [0, 0.05) is 6.07 Å². The molecule has 0 radical (unpaired) electrons. The van der Waals surface area contributed by atoms with Crippen LogP contribution in [0.15, 0.2) is 48.5 Å². The van der Waals surface area contributed by atoms with E-state index in [1.165, 1.54) is 18.2 Å². The van der Waals surface area contributed by atoms with Crippen LogP contribution in [-0.2, 0) is 27.4 Å². The van der Waals surface area contributed by atoms with Crippen molar-refractivity contribution in [2.24, 2.45) is 0 Å². The Bertz CT molecular complexity index is 757. The molecule has 0 spiro atoms. The molecule has 0 N–H and O–H groups in total. The number of esters is 1. The van der Waals surface area contributed by atoms with Crippen molar-refractivity contribution in [2.75, 3.05) is 7.11 Å². The van der Waals surface area contributed by atoms with Crippen LogP contribution in [0.1, 0.15) is 11.1 Å². The van der Waals surface area contributed by atoms with Gasteiger partial charge in [0.05, 0.1) is 24.0 Å². The topological polar surface area (TPSA) is 95.7 Å². The van der Waals surface area contributed by atoms with Gasteiger partial charge in [-0.1, -0.05) is 36.4 Å². The predicted octanol–water partition coefficient (Wildman–Crippen LogP) is 2.46. The molecule has 7 nitrogen and oxygen atoms in total. The van der Waals surface area contributed by atoms with Gasteiger partial charge >= 0.3 is 5.97 Å². The maximum Gasteiger partial charge on any atom is 0.374 e. The van der Waals surface area contributed by atoms with E-state index < -0.39 is 23.1 Å². The Hall–Kier alpha value is -3.22. The fourth-order valence-electron chi connectivity index (χ4n) is 2.12. The highest BCUT2D eigenvalue weighted by molar-refractivity contribution is 6.34. The normalized spacial score (nSPS) is 10.0. The smallest absolute Gasteiger partial charge is 0.374 e. The summed E-state index contributed by atoms with van der Waals surface area (Å²) in [5.74, 6) is -1.75. The highest BCUT2D eigenvalue weighted by Gasteiger charge is 2.24. The number of rotatable bonds is 7. The minimum atomic E-state index is -1.05. The lowest BCUT2D eigenvalue weighted by Crippen LogP contribution is -2.19. The van der Waals surface area contributed by atoms with Crippen LogP contribution in [0, 0.1) is 10.1 Å². The van der Waals surface area contributed by atoms with E-state index in [1.807, 2.05) is 30.3 Å². The first kappa shape index (κ1) is 17.1. The summed E-state index contributed by atoms with van der Waals surface area (Å²) < 4.78 is 9.97. The predicted molar refractivity (Wildman–Crippen MR) is 84.6 cm³/mol. The van der Waals surface area contributed by atoms with Gasteiger partial charge in [-0.05, 0) is 11.6 Å². The molecule has 2 aromatic rings. The first-order valence-corrected chi connectivity index (χ1v) is 7.07. The summed E-state index contributed by atoms with van der Waals surface area (Å²) in [6.07, 6.45) is -0.464. The quantitative estimate of drug-likeness (QED) is 0.335. The molecule has 0 bridgehead atoms. The fraction of sp³-hybridized carbons (Fsp3) is 0.176. The van der Waals surface area contributed by atoms with Gasteiger partial charge in [0.1, 0.15) is 12.4 Å². The molecule has 0 fully saturated rings. The summed E-state index contributed by atoms with van der Waals surface area (Å²) >= 11 is 0. The van der Waals surface area contributed by atoms with Crippen LogP contribution >= 0.6 is 0 Å². The van der Waals surface area contributed by atoms with Gasteiger partial charge in [0.2, 0.25) is 5.78 Å². The van der Waals surface area contributed by atoms with Crippen LogP contribution in [0.4, 0.5) is 5.69 Å². The zero-order valence-electron chi connectivity index (χ0n) is 12.9. The van der Waals surface area contributed by atoms with Gasteiger partial charge in [0.25, 0.3) is 5.69 Å². The lowest BCUT2D eigenvalue weighted by Gasteiger charge is -2.11. The molecule has 0 saturated heterocycles. The van der Waals surface area contributed by atoms with E-state index in [4.69, 9.17) is 4.74 Å². The van der Waals surface area contributed by atoms with Crippen molar-refractivity contribution >= 4 is 17.4 Å². The molecule has 124 valence electrons. The second-order valence-corrected chi connectivity index (χ2v) is 4.88. The molecule has 2 rings (SSSR count). The Morgan fingerprint density at radius 1 is 1.08 bits per heavy atom. The maximum absolute atomic E-state index is 11.8. The zero-order chi connectivity index (χ0) is 17.5. The number of ether oxygens (including phenoxy) is 2. The molecule has 7 heteroatoms. The summed E-state index contributed by atoms with van der Waals surface area (Å²) in [6, 6.07) is 13.5. The van der Waals surface area contributed by atoms with Gasteiger partial charge < -0.3 is 9.47 Å². The fourth-order valence-corrected chi connectivity index (χ4v) is 2.12. The first-order chi connectivity index (χ1) is 11.5. The zero-order valence-corrected chi connectivity index (χ0v) is 12.9. The Balaban J connectivity index is 2.29. The van der Waals surface area contributed by atoms with E-state index in [0.29, 0.717) is 0 Å². The number of nitro benzene ring substituents is 1. The number of benzene rings is 2. The summed E-state index contributed by atoms with van der Waals surface area (Å²) in [6.45, 7) is 0.182. The van der Waals surface area contributed by atoms with Gasteiger partial charge in [-0.15, -0.1) is 0 Å². The van der Waals surface area contributed by atoms with E-state index >= 15 is 0 Å². The third kappa shape index (κ3) is 4.16. The van der Waals surface area contributed by atoms with Crippen molar-refractivity contribution in [2.45, 2.75) is 13.0 Å². The lowest BCUT2D eigenvalue weighted by molar-refractivity contribution is -0.385. The number of hydrogen-bond acceptors (Lipinski definition) is 6. The molecular weight excluding hydrogens is 314 g/mol. The molecule has 0 aromatic heterocycles. The molecular formula is C17H15NO6. The number of methoxy groups -OCH3 is 1. The number of carbonyl (C=O) groups excluding carboxylic acids is 2. The number of nitro groups is 1. The largest absolute Gasteiger partial charge is 0.488 e. The van der Waals surface area contributed by atoms with Gasteiger partial charge in [-0.25, -0.2) is 4.79 Å². The minimum Gasteiger partial charge on any atom is -0.488 e. The highest BCUT2D eigenvalue weighted by Crippen LogP contribution is 2.29. The third-order valence-electron chi connectivity index (χ3n) is 3.29. The maximum atomic E-state index is 11.8. The van der Waals surface area contributed by atoms with E-state index in [9.17, 15) is 19.7 Å². The van der Waals surface area contributed by atoms with Gasteiger partial charge in [0.15, 0.2) is 0 Å². The minimum absolute atomic E-state index is 0.0498. The van der Waals surface area contributed by atoms with E-state index in [1.54, 1.807) is 0 Å². The first-order valence-electron chi connectivity index (χ1n) is 7.07. The average Bonchev–Trinajstić information content (AvgIpc) is 2.60. The number of nitrogens with zero attached hydrogens (tertiary/aromatic N) is 1. The Labute approximate surface area is 138 Å². The Morgan fingerprint density at radius 3 is 2.42 bits per heavy atom. The molecule has 0 aliphatic heterocycles. The van der Waals surface area contributed by atoms with Crippen molar-refractivity contribution in [3.05, 3.63) is 69.8 Å². The molecule has 0 saturated carbocycles. The van der Waals surface area contributed by atoms with Crippen molar-refractivity contribution in [3.8, 4) is 5.75 Å². The molecule has 2 aromatic carbocycles. The van der Waals surface area contributed by atoms with Crippen molar-refractivity contribution in [1.82, 2.24) is 0 Å². The van der Waals surface area contributed by atoms with E-state index in [0.717, 1.165) is 12.7 Å². The lowest BCUT2D eigenvalue weighted by atomic mass is 10.1. The van der Waals surface area contributed by atoms with Crippen LogP contribution in [-0.4, -0.2) is 23.8 Å². The number of hydrogen-bond donors (Lipinski definition) is 0. The van der Waals surface area contributed by atoms with Crippen LogP contribution in [0.2, 0.25) is 0 Å². The molecule has 0 heterocycles. The summed E-state index contributed by atoms with van der Waals surface area (Å²) in [5.41, 5.74) is 0.640. The molecule has 0 amide bonds. The Morgan fingerprint density at radius 2 is 1.79 bits per heavy atom. The number of carbonyl (C=O) groups is 2. The monoisotopic (exact) mass is 329 g/mol. The summed E-state index contributed by atoms with van der Waals surface area (Å²) in [7, 11) is 1.08. The van der Waals surface area contributed by atoms with E-state index in [-0.39, 0.29) is 23.6 Å². The average molecular weight is 329 g/mol. The molecule has 24 heavy (non-hydrogen) atoms. The van der Waals surface area contributed by atoms with Crippen molar-refractivity contribution in [3.63, 3.8) is 0 Å². The molecule has 0 aliphatic rings. The van der Waals surface area contributed by atoms with Crippen molar-refractivity contribution in [1.29, 1.82) is 0 Å². The molecule has 0 atom stereocenters. The standard InChI is InChI=1S/C17H15NO6/c1-23-17(20)15(19)10-13-14(18(21)22)8-5-9-16(13)24-11-12-6-3-2-4-7-12/h2-9H,10-11H2,1H3. The van der Waals surface area contributed by atoms with Crippen LogP contribution in [0.5, 0.6) is 5.75 Å². The molecule has 0 aliphatic carbocycles. The number of ketones is 1. The van der Waals surface area contributed by atoms with Crippen LogP contribution in [0.3, 0.4) is 0 Å². The second-order valence-electron chi connectivity index (χ2n) is 4.88. The third-order valence-corrected chi connectivity index (χ3v) is 3.29. The Kier molecular flexibility index (Phi) is 5.62. The van der Waals surface area contributed by atoms with E-state index in [2.05, 4.69) is 4.74 Å². The second kappa shape index (κ2) is 7.87. The summed E-state index contributed by atoms with van der Waals surface area (Å²) in [5, 5.41) is 11.2.